The Kier molecular flexibility index (Phi) is 2.31. The molecule has 70 valence electrons. The molecule has 0 aliphatic heterocycles. The van der Waals surface area contributed by atoms with Gasteiger partial charge in [-0.15, -0.1) is 0 Å². The van der Waals surface area contributed by atoms with Crippen LogP contribution in [-0.4, -0.2) is 14.9 Å². The van der Waals surface area contributed by atoms with E-state index in [0.29, 0.717) is 0 Å². The van der Waals surface area contributed by atoms with Crippen LogP contribution in [0.1, 0.15) is 26.2 Å². The summed E-state index contributed by atoms with van der Waals surface area (Å²) >= 11 is 1.42. The number of nitrogens with zero attached hydrogens (tertiary/aromatic N) is 2. The average molecular weight is 195 g/mol. The standard InChI is InChI=1S/C9H13N3S/c1-9(5-3-2-4-6-9)12-8-10-7-11-13-8/h2-3,7H,4-6H2,1H3,(H,10,11,12). The highest BCUT2D eigenvalue weighted by Gasteiger charge is 2.24. The third-order valence-electron chi connectivity index (χ3n) is 2.37. The molecular formula is C9H13N3S. The van der Waals surface area contributed by atoms with Gasteiger partial charge in [-0.05, 0) is 26.2 Å². The molecule has 4 heteroatoms. The zero-order chi connectivity index (χ0) is 9.15. The predicted molar refractivity (Wildman–Crippen MR) is 54.9 cm³/mol. The van der Waals surface area contributed by atoms with Crippen LogP contribution in [0.4, 0.5) is 5.13 Å². The van der Waals surface area contributed by atoms with Crippen molar-refractivity contribution in [2.24, 2.45) is 0 Å². The minimum atomic E-state index is 0.175. The molecule has 3 nitrogen and oxygen atoms in total. The molecule has 0 radical (unpaired) electrons. The van der Waals surface area contributed by atoms with E-state index in [0.717, 1.165) is 18.0 Å². The summed E-state index contributed by atoms with van der Waals surface area (Å²) in [5.74, 6) is 0. The van der Waals surface area contributed by atoms with Crippen molar-refractivity contribution in [3.63, 3.8) is 0 Å². The molecule has 1 N–H and O–H groups in total. The lowest BCUT2D eigenvalue weighted by molar-refractivity contribution is 0.466. The Morgan fingerprint density at radius 2 is 2.46 bits per heavy atom. The van der Waals surface area contributed by atoms with Crippen LogP contribution in [0, 0.1) is 0 Å². The minimum absolute atomic E-state index is 0.175. The van der Waals surface area contributed by atoms with E-state index < -0.39 is 0 Å². The Labute approximate surface area is 82.1 Å². The van der Waals surface area contributed by atoms with Crippen LogP contribution in [0.2, 0.25) is 0 Å². The van der Waals surface area contributed by atoms with E-state index in [1.54, 1.807) is 6.33 Å². The second-order valence-electron chi connectivity index (χ2n) is 3.65. The molecule has 1 heterocycles. The van der Waals surface area contributed by atoms with E-state index in [2.05, 4.69) is 33.8 Å². The molecule has 1 aromatic rings. The molecule has 1 aliphatic rings. The van der Waals surface area contributed by atoms with Crippen molar-refractivity contribution in [3.05, 3.63) is 18.5 Å². The van der Waals surface area contributed by atoms with Crippen molar-refractivity contribution in [3.8, 4) is 0 Å². The van der Waals surface area contributed by atoms with Gasteiger partial charge in [0.1, 0.15) is 6.33 Å². The van der Waals surface area contributed by atoms with Crippen molar-refractivity contribution in [2.45, 2.75) is 31.7 Å². The average Bonchev–Trinajstić information content (AvgIpc) is 2.57. The number of rotatable bonds is 2. The van der Waals surface area contributed by atoms with Crippen LogP contribution < -0.4 is 5.32 Å². The molecule has 0 saturated heterocycles. The van der Waals surface area contributed by atoms with Crippen LogP contribution in [-0.2, 0) is 0 Å². The third kappa shape index (κ3) is 2.06. The minimum Gasteiger partial charge on any atom is -0.355 e. The molecule has 0 amide bonds. The van der Waals surface area contributed by atoms with Crippen molar-refractivity contribution in [1.82, 2.24) is 9.36 Å². The largest absolute Gasteiger partial charge is 0.355 e. The maximum absolute atomic E-state index is 4.13. The fourth-order valence-corrected chi connectivity index (χ4v) is 2.15. The van der Waals surface area contributed by atoms with Gasteiger partial charge in [0.25, 0.3) is 0 Å². The Hall–Kier alpha value is -0.900. The molecule has 2 rings (SSSR count). The van der Waals surface area contributed by atoms with Gasteiger partial charge >= 0.3 is 0 Å². The lowest BCUT2D eigenvalue weighted by Crippen LogP contribution is -2.35. The van der Waals surface area contributed by atoms with Gasteiger partial charge in [0.2, 0.25) is 5.13 Å². The van der Waals surface area contributed by atoms with Gasteiger partial charge in [0.15, 0.2) is 0 Å². The van der Waals surface area contributed by atoms with E-state index in [4.69, 9.17) is 0 Å². The van der Waals surface area contributed by atoms with E-state index in [-0.39, 0.29) is 5.54 Å². The summed E-state index contributed by atoms with van der Waals surface area (Å²) in [6.07, 6.45) is 9.47. The second-order valence-corrected chi connectivity index (χ2v) is 4.43. The molecule has 1 atom stereocenters. The van der Waals surface area contributed by atoms with Gasteiger partial charge in [0, 0.05) is 17.1 Å². The maximum atomic E-state index is 4.13. The Morgan fingerprint density at radius 1 is 1.54 bits per heavy atom. The summed E-state index contributed by atoms with van der Waals surface area (Å²) in [4.78, 5) is 4.13. The number of hydrogen-bond acceptors (Lipinski definition) is 4. The molecule has 1 aliphatic carbocycles. The molecule has 1 aromatic heterocycles. The molecule has 0 fully saturated rings. The van der Waals surface area contributed by atoms with E-state index in [1.807, 2.05) is 0 Å². The van der Waals surface area contributed by atoms with Crippen LogP contribution >= 0.6 is 11.5 Å². The quantitative estimate of drug-likeness (QED) is 0.736. The zero-order valence-electron chi connectivity index (χ0n) is 7.66. The molecule has 0 saturated carbocycles. The number of hydrogen-bond donors (Lipinski definition) is 1. The van der Waals surface area contributed by atoms with Gasteiger partial charge in [0.05, 0.1) is 0 Å². The first kappa shape index (κ1) is 8.69. The maximum Gasteiger partial charge on any atom is 0.202 e. The molecule has 0 bridgehead atoms. The SMILES string of the molecule is CC1(Nc2ncns2)CC=CCC1. The number of nitrogens with one attached hydrogen (secondary N) is 1. The Morgan fingerprint density at radius 3 is 3.08 bits per heavy atom. The molecular weight excluding hydrogens is 182 g/mol. The monoisotopic (exact) mass is 195 g/mol. The first-order valence-corrected chi connectivity index (χ1v) is 5.26. The van der Waals surface area contributed by atoms with Gasteiger partial charge < -0.3 is 5.32 Å². The third-order valence-corrected chi connectivity index (χ3v) is 2.95. The Balaban J connectivity index is 2.04. The fraction of sp³-hybridized carbons (Fsp3) is 0.556. The van der Waals surface area contributed by atoms with Gasteiger partial charge in [-0.2, -0.15) is 4.37 Å². The first-order chi connectivity index (χ1) is 6.29. The van der Waals surface area contributed by atoms with E-state index in [9.17, 15) is 0 Å². The highest BCUT2D eigenvalue weighted by Crippen LogP contribution is 2.27. The summed E-state index contributed by atoms with van der Waals surface area (Å²) in [5.41, 5.74) is 0.175. The number of aromatic nitrogens is 2. The van der Waals surface area contributed by atoms with Crippen LogP contribution in [0.15, 0.2) is 18.5 Å². The van der Waals surface area contributed by atoms with E-state index >= 15 is 0 Å². The van der Waals surface area contributed by atoms with Gasteiger partial charge in [-0.25, -0.2) is 4.98 Å². The molecule has 0 spiro atoms. The summed E-state index contributed by atoms with van der Waals surface area (Å²) in [6.45, 7) is 2.23. The van der Waals surface area contributed by atoms with Gasteiger partial charge in [-0.3, -0.25) is 0 Å². The lowest BCUT2D eigenvalue weighted by atomic mass is 9.88. The summed E-state index contributed by atoms with van der Waals surface area (Å²) < 4.78 is 3.97. The Bertz CT molecular complexity index is 294. The van der Waals surface area contributed by atoms with Crippen LogP contribution in [0.5, 0.6) is 0 Å². The van der Waals surface area contributed by atoms with Crippen molar-refractivity contribution in [2.75, 3.05) is 5.32 Å². The predicted octanol–water partition coefficient (Wildman–Crippen LogP) is 2.45. The van der Waals surface area contributed by atoms with Crippen LogP contribution in [0.3, 0.4) is 0 Å². The first-order valence-electron chi connectivity index (χ1n) is 4.48. The lowest BCUT2D eigenvalue weighted by Gasteiger charge is -2.31. The summed E-state index contributed by atoms with van der Waals surface area (Å²) in [5, 5.41) is 4.36. The molecule has 1 unspecified atom stereocenters. The topological polar surface area (TPSA) is 37.8 Å². The molecule has 0 aromatic carbocycles. The molecule has 13 heavy (non-hydrogen) atoms. The smallest absolute Gasteiger partial charge is 0.202 e. The van der Waals surface area contributed by atoms with Crippen LogP contribution in [0.25, 0.3) is 0 Å². The van der Waals surface area contributed by atoms with Crippen molar-refractivity contribution < 1.29 is 0 Å². The van der Waals surface area contributed by atoms with E-state index in [1.165, 1.54) is 18.0 Å². The number of allylic oxidation sites excluding steroid dienone is 1. The second kappa shape index (κ2) is 3.46. The highest BCUT2D eigenvalue weighted by atomic mass is 32.1. The van der Waals surface area contributed by atoms with Crippen molar-refractivity contribution >= 4 is 16.7 Å². The summed E-state index contributed by atoms with van der Waals surface area (Å²) in [7, 11) is 0. The van der Waals surface area contributed by atoms with Gasteiger partial charge in [-0.1, -0.05) is 12.2 Å². The summed E-state index contributed by atoms with van der Waals surface area (Å²) in [6, 6.07) is 0. The zero-order valence-corrected chi connectivity index (χ0v) is 8.47. The fourth-order valence-electron chi connectivity index (χ4n) is 1.57. The highest BCUT2D eigenvalue weighted by molar-refractivity contribution is 7.09. The normalized spacial score (nSPS) is 27.5. The van der Waals surface area contributed by atoms with Crippen molar-refractivity contribution in [1.29, 1.82) is 0 Å². The number of anilines is 1.